The highest BCUT2D eigenvalue weighted by Gasteiger charge is 2.24. The van der Waals surface area contributed by atoms with Crippen LogP contribution in [-0.4, -0.2) is 4.98 Å². The van der Waals surface area contributed by atoms with Crippen molar-refractivity contribution in [3.63, 3.8) is 0 Å². The maximum absolute atomic E-state index is 10.5. The second kappa shape index (κ2) is 2.62. The minimum absolute atomic E-state index is 0.194. The van der Waals surface area contributed by atoms with Gasteiger partial charge in [-0.15, -0.1) is 0 Å². The number of nitrogens with zero attached hydrogens (tertiary/aromatic N) is 1. The van der Waals surface area contributed by atoms with Crippen molar-refractivity contribution in [2.24, 2.45) is 0 Å². The average molecular weight is 148 g/mol. The van der Waals surface area contributed by atoms with Gasteiger partial charge in [-0.3, -0.25) is 4.98 Å². The van der Waals surface area contributed by atoms with Gasteiger partial charge in [0.1, 0.15) is 6.61 Å². The molecule has 0 spiro atoms. The van der Waals surface area contributed by atoms with E-state index in [0.717, 1.165) is 5.69 Å². The van der Waals surface area contributed by atoms with Crippen molar-refractivity contribution in [2.75, 3.05) is 0 Å². The zero-order chi connectivity index (χ0) is 7.68. The van der Waals surface area contributed by atoms with Crippen molar-refractivity contribution in [3.05, 3.63) is 29.6 Å². The van der Waals surface area contributed by atoms with E-state index in [-0.39, 0.29) is 6.61 Å². The first-order chi connectivity index (χ1) is 5.40. The van der Waals surface area contributed by atoms with Crippen LogP contribution in [0.15, 0.2) is 18.2 Å². The third kappa shape index (κ3) is 1.40. The quantitative estimate of drug-likeness (QED) is 0.630. The molecule has 1 aromatic rings. The van der Waals surface area contributed by atoms with Crippen molar-refractivity contribution in [1.82, 2.24) is 4.98 Å². The van der Waals surface area contributed by atoms with Gasteiger partial charge in [-0.2, -0.15) is 0 Å². The molecule has 1 aromatic heterocycles. The third-order valence-corrected chi connectivity index (χ3v) is 1.97. The lowest BCUT2D eigenvalue weighted by molar-refractivity contribution is 0.173. The molecule has 57 valence electrons. The van der Waals surface area contributed by atoms with E-state index >= 15 is 0 Å². The van der Waals surface area contributed by atoms with E-state index in [2.05, 4.69) is 4.98 Å². The molecule has 2 nitrogen and oxygen atoms in total. The summed E-state index contributed by atoms with van der Waals surface area (Å²) < 4.78 is 0. The summed E-state index contributed by atoms with van der Waals surface area (Å²) >= 11 is 0. The Hall–Kier alpha value is -0.890. The Morgan fingerprint density at radius 2 is 2.27 bits per heavy atom. The van der Waals surface area contributed by atoms with E-state index in [9.17, 15) is 5.11 Å². The number of hydrogen-bond donors (Lipinski definition) is 0. The molecule has 0 unspecified atom stereocenters. The molecular weight excluding hydrogens is 138 g/mol. The van der Waals surface area contributed by atoms with Crippen molar-refractivity contribution in [1.29, 1.82) is 0 Å². The molecule has 2 heteroatoms. The molecule has 0 aliphatic heterocycles. The molecule has 1 saturated carbocycles. The fourth-order valence-electron chi connectivity index (χ4n) is 1.18. The van der Waals surface area contributed by atoms with Crippen LogP contribution in [0, 0.1) is 0 Å². The number of hydrogen-bond acceptors (Lipinski definition) is 1. The summed E-state index contributed by atoms with van der Waals surface area (Å²) in [4.78, 5) is 4.24. The summed E-state index contributed by atoms with van der Waals surface area (Å²) in [5.74, 6) is 0.654. The van der Waals surface area contributed by atoms with E-state index in [0.29, 0.717) is 11.6 Å². The SMILES string of the molecule is [O]Cc1cccc(C2CC2)n1. The summed E-state index contributed by atoms with van der Waals surface area (Å²) in [6.45, 7) is -0.194. The van der Waals surface area contributed by atoms with Gasteiger partial charge in [-0.05, 0) is 25.0 Å². The molecule has 0 atom stereocenters. The topological polar surface area (TPSA) is 32.8 Å². The molecule has 0 amide bonds. The Morgan fingerprint density at radius 3 is 2.91 bits per heavy atom. The predicted octanol–water partition coefficient (Wildman–Crippen LogP) is 1.89. The molecule has 0 aromatic carbocycles. The first-order valence-electron chi connectivity index (χ1n) is 3.94. The standard InChI is InChI=1S/C9H10NO/c11-6-8-2-1-3-9(10-8)7-4-5-7/h1-3,7H,4-6H2. The normalized spacial score (nSPS) is 16.8. The van der Waals surface area contributed by atoms with E-state index < -0.39 is 0 Å². The molecule has 1 fully saturated rings. The smallest absolute Gasteiger partial charge is 0.124 e. The zero-order valence-corrected chi connectivity index (χ0v) is 6.29. The lowest BCUT2D eigenvalue weighted by Crippen LogP contribution is -1.91. The van der Waals surface area contributed by atoms with Crippen molar-refractivity contribution >= 4 is 0 Å². The lowest BCUT2D eigenvalue weighted by Gasteiger charge is -1.97. The van der Waals surface area contributed by atoms with Crippen LogP contribution in [0.5, 0.6) is 0 Å². The second-order valence-electron chi connectivity index (χ2n) is 2.97. The van der Waals surface area contributed by atoms with Crippen LogP contribution in [0.2, 0.25) is 0 Å². The molecule has 0 bridgehead atoms. The van der Waals surface area contributed by atoms with Gasteiger partial charge in [0.25, 0.3) is 0 Å². The van der Waals surface area contributed by atoms with E-state index in [4.69, 9.17) is 0 Å². The van der Waals surface area contributed by atoms with Gasteiger partial charge < -0.3 is 0 Å². The maximum Gasteiger partial charge on any atom is 0.124 e. The molecule has 1 heterocycles. The second-order valence-corrected chi connectivity index (χ2v) is 2.97. The van der Waals surface area contributed by atoms with E-state index in [1.54, 1.807) is 6.07 Å². The zero-order valence-electron chi connectivity index (χ0n) is 6.29. The molecule has 1 aliphatic carbocycles. The highest BCUT2D eigenvalue weighted by molar-refractivity contribution is 5.18. The first-order valence-corrected chi connectivity index (χ1v) is 3.94. The number of rotatable bonds is 2. The van der Waals surface area contributed by atoms with Gasteiger partial charge in [0.2, 0.25) is 0 Å². The largest absolute Gasteiger partial charge is 0.255 e. The summed E-state index contributed by atoms with van der Waals surface area (Å²) in [7, 11) is 0. The van der Waals surface area contributed by atoms with Crippen molar-refractivity contribution in [3.8, 4) is 0 Å². The summed E-state index contributed by atoms with van der Waals surface area (Å²) in [5.41, 5.74) is 1.78. The van der Waals surface area contributed by atoms with Crippen LogP contribution in [0.3, 0.4) is 0 Å². The van der Waals surface area contributed by atoms with Gasteiger partial charge in [0.15, 0.2) is 0 Å². The Bertz CT molecular complexity index is 255. The highest BCUT2D eigenvalue weighted by Crippen LogP contribution is 2.38. The van der Waals surface area contributed by atoms with Crippen LogP contribution < -0.4 is 0 Å². The maximum atomic E-state index is 10.5. The molecule has 0 saturated heterocycles. The molecule has 2 rings (SSSR count). The summed E-state index contributed by atoms with van der Waals surface area (Å²) in [5, 5.41) is 10.5. The fraction of sp³-hybridized carbons (Fsp3) is 0.444. The Labute approximate surface area is 65.9 Å². The molecule has 0 N–H and O–H groups in total. The predicted molar refractivity (Wildman–Crippen MR) is 40.6 cm³/mol. The van der Waals surface area contributed by atoms with Crippen LogP contribution in [-0.2, 0) is 11.7 Å². The average Bonchev–Trinajstić information content (AvgIpc) is 2.87. The number of pyridine rings is 1. The van der Waals surface area contributed by atoms with Gasteiger partial charge in [-0.1, -0.05) is 6.07 Å². The van der Waals surface area contributed by atoms with E-state index in [1.165, 1.54) is 12.8 Å². The van der Waals surface area contributed by atoms with Crippen LogP contribution >= 0.6 is 0 Å². The molecule has 1 aliphatic rings. The van der Waals surface area contributed by atoms with Gasteiger partial charge >= 0.3 is 0 Å². The minimum Gasteiger partial charge on any atom is -0.255 e. The van der Waals surface area contributed by atoms with Crippen molar-refractivity contribution in [2.45, 2.75) is 25.4 Å². The molecule has 11 heavy (non-hydrogen) atoms. The van der Waals surface area contributed by atoms with E-state index in [1.807, 2.05) is 12.1 Å². The Kier molecular flexibility index (Phi) is 1.62. The van der Waals surface area contributed by atoms with Gasteiger partial charge in [0.05, 0.1) is 5.69 Å². The van der Waals surface area contributed by atoms with Crippen LogP contribution in [0.4, 0.5) is 0 Å². The minimum atomic E-state index is -0.194. The number of aromatic nitrogens is 1. The molecular formula is C9H10NO. The summed E-state index contributed by atoms with van der Waals surface area (Å²) in [6.07, 6.45) is 2.49. The lowest BCUT2D eigenvalue weighted by atomic mass is 10.2. The Balaban J connectivity index is 2.26. The van der Waals surface area contributed by atoms with Crippen LogP contribution in [0.25, 0.3) is 0 Å². The van der Waals surface area contributed by atoms with Crippen LogP contribution in [0.1, 0.15) is 30.1 Å². The van der Waals surface area contributed by atoms with Gasteiger partial charge in [-0.25, -0.2) is 5.11 Å². The third-order valence-electron chi connectivity index (χ3n) is 1.97. The van der Waals surface area contributed by atoms with Gasteiger partial charge in [0, 0.05) is 11.6 Å². The highest BCUT2D eigenvalue weighted by atomic mass is 16.3. The molecule has 1 radical (unpaired) electrons. The van der Waals surface area contributed by atoms with Crippen molar-refractivity contribution < 1.29 is 5.11 Å². The fourth-order valence-corrected chi connectivity index (χ4v) is 1.18. The summed E-state index contributed by atoms with van der Waals surface area (Å²) in [6, 6.07) is 5.73. The monoisotopic (exact) mass is 148 g/mol. The Morgan fingerprint density at radius 1 is 1.45 bits per heavy atom. The first kappa shape index (κ1) is 6.80.